The molecule has 1 atom stereocenters. The number of pyridine rings is 3. The molecule has 5 heterocycles. The summed E-state index contributed by atoms with van der Waals surface area (Å²) in [5.41, 5.74) is 0.312. The van der Waals surface area contributed by atoms with Crippen molar-refractivity contribution in [1.82, 2.24) is 20.0 Å². The number of carbonyl (C=O) groups is 1. The fourth-order valence-electron chi connectivity index (χ4n) is 4.79. The third-order valence-electron chi connectivity index (χ3n) is 6.72. The van der Waals surface area contributed by atoms with Crippen LogP contribution in [-0.4, -0.2) is 44.8 Å². The smallest absolute Gasteiger partial charge is 0.433 e. The Labute approximate surface area is 224 Å². The van der Waals surface area contributed by atoms with E-state index in [2.05, 4.69) is 15.4 Å². The molecule has 6 rings (SSSR count). The summed E-state index contributed by atoms with van der Waals surface area (Å²) in [5, 5.41) is 9.04. The van der Waals surface area contributed by atoms with Crippen LogP contribution in [0.15, 0.2) is 59.2 Å². The Morgan fingerprint density at radius 2 is 1.88 bits per heavy atom. The number of carboxylic acids is 1. The number of nitrogens with zero attached hydrogens (tertiary/aromatic N) is 4. The first kappa shape index (κ1) is 26.3. The van der Waals surface area contributed by atoms with E-state index in [1.54, 1.807) is 0 Å². The lowest BCUT2D eigenvalue weighted by atomic mass is 10.1. The Balaban J connectivity index is 1.45. The predicted octanol–water partition coefficient (Wildman–Crippen LogP) is 4.05. The third kappa shape index (κ3) is 4.43. The number of carboxylic acid groups (broad SMARTS) is 1. The topological polar surface area (TPSA) is 110 Å². The second-order valence-electron chi connectivity index (χ2n) is 9.23. The average Bonchev–Trinajstić information content (AvgIpc) is 3.50. The first-order chi connectivity index (χ1) is 19.4. The van der Waals surface area contributed by atoms with Crippen molar-refractivity contribution in [2.24, 2.45) is 0 Å². The van der Waals surface area contributed by atoms with Gasteiger partial charge in [-0.15, -0.1) is 0 Å². The summed E-state index contributed by atoms with van der Waals surface area (Å²) in [4.78, 5) is 39.2. The van der Waals surface area contributed by atoms with Gasteiger partial charge in [-0.2, -0.15) is 13.2 Å². The molecule has 15 heteroatoms. The molecule has 41 heavy (non-hydrogen) atoms. The summed E-state index contributed by atoms with van der Waals surface area (Å²) >= 11 is 0. The molecule has 9 nitrogen and oxygen atoms in total. The van der Waals surface area contributed by atoms with Crippen LogP contribution in [0.2, 0.25) is 0 Å². The predicted molar refractivity (Wildman–Crippen MR) is 131 cm³/mol. The molecule has 0 bridgehead atoms. The van der Waals surface area contributed by atoms with Gasteiger partial charge in [0.15, 0.2) is 17.3 Å². The van der Waals surface area contributed by atoms with Crippen LogP contribution in [-0.2, 0) is 11.0 Å². The van der Waals surface area contributed by atoms with Crippen LogP contribution in [0.4, 0.5) is 32.2 Å². The first-order valence-electron chi connectivity index (χ1n) is 11.8. The molecular weight excluding hydrogens is 560 g/mol. The first-order valence-corrected chi connectivity index (χ1v) is 11.8. The molecule has 1 aromatic carbocycles. The fourth-order valence-corrected chi connectivity index (χ4v) is 4.79. The van der Waals surface area contributed by atoms with E-state index in [4.69, 9.17) is 4.84 Å². The number of hydrogen-bond acceptors (Lipinski definition) is 7. The zero-order valence-electron chi connectivity index (χ0n) is 20.3. The maximum absolute atomic E-state index is 15.4. The Kier molecular flexibility index (Phi) is 5.99. The lowest BCUT2D eigenvalue weighted by molar-refractivity contribution is -0.141. The van der Waals surface area contributed by atoms with Crippen molar-refractivity contribution in [2.45, 2.75) is 12.3 Å². The van der Waals surface area contributed by atoms with Crippen molar-refractivity contribution in [1.29, 1.82) is 0 Å². The van der Waals surface area contributed by atoms with Gasteiger partial charge in [-0.05, 0) is 30.3 Å². The number of alkyl halides is 3. The monoisotopic (exact) mass is 575 g/mol. The van der Waals surface area contributed by atoms with Gasteiger partial charge in [-0.1, -0.05) is 0 Å². The van der Waals surface area contributed by atoms with Crippen LogP contribution < -0.4 is 15.8 Å². The largest absolute Gasteiger partial charge is 0.477 e. The highest BCUT2D eigenvalue weighted by molar-refractivity contribution is 5.92. The van der Waals surface area contributed by atoms with Gasteiger partial charge in [0.05, 0.1) is 23.3 Å². The fraction of sp³-hybridized carbons (Fsp3) is 0.154. The third-order valence-corrected chi connectivity index (χ3v) is 6.72. The zero-order valence-corrected chi connectivity index (χ0v) is 20.3. The van der Waals surface area contributed by atoms with Gasteiger partial charge < -0.3 is 10.0 Å². The van der Waals surface area contributed by atoms with Crippen LogP contribution >= 0.6 is 0 Å². The van der Waals surface area contributed by atoms with Gasteiger partial charge in [-0.3, -0.25) is 24.7 Å². The molecule has 4 aromatic rings. The van der Waals surface area contributed by atoms with E-state index >= 15 is 4.39 Å². The summed E-state index contributed by atoms with van der Waals surface area (Å²) in [6.07, 6.45) is -3.42. The highest BCUT2D eigenvalue weighted by Crippen LogP contribution is 2.36. The van der Waals surface area contributed by atoms with E-state index in [-0.39, 0.29) is 30.2 Å². The molecule has 2 aliphatic rings. The molecule has 210 valence electrons. The van der Waals surface area contributed by atoms with Crippen molar-refractivity contribution < 1.29 is 41.1 Å². The molecule has 0 amide bonds. The molecule has 1 unspecified atom stereocenters. The van der Waals surface area contributed by atoms with E-state index in [9.17, 15) is 36.6 Å². The van der Waals surface area contributed by atoms with E-state index in [1.165, 1.54) is 11.0 Å². The molecule has 0 radical (unpaired) electrons. The standard InChI is InChI=1S/C26H15F6N5O4/c27-12-2-3-18(16(28)5-12)37-9-15(25(39)40)22(38)13-6-17(29)24(34-23(13)37)36-8-14-19(10-36)41-35-21(14)11-1-4-20(33-7-11)26(30,31)32/h1-7,9,19,35H,8,10H2,(H,39,40). The summed E-state index contributed by atoms with van der Waals surface area (Å²) in [6.45, 7) is 0.0451. The number of benzene rings is 1. The number of hydroxylamine groups is 1. The van der Waals surface area contributed by atoms with Crippen molar-refractivity contribution >= 4 is 28.5 Å². The van der Waals surface area contributed by atoms with Gasteiger partial charge in [0.2, 0.25) is 5.43 Å². The lowest BCUT2D eigenvalue weighted by Crippen LogP contribution is -2.27. The lowest BCUT2D eigenvalue weighted by Gasteiger charge is -2.20. The number of aromatic nitrogens is 3. The van der Waals surface area contributed by atoms with E-state index in [1.807, 2.05) is 0 Å². The second kappa shape index (κ2) is 9.33. The minimum Gasteiger partial charge on any atom is -0.477 e. The number of rotatable bonds is 4. The Morgan fingerprint density at radius 3 is 2.54 bits per heavy atom. The zero-order chi connectivity index (χ0) is 29.2. The molecule has 0 saturated carbocycles. The van der Waals surface area contributed by atoms with Crippen molar-refractivity contribution in [3.8, 4) is 5.69 Å². The Bertz CT molecular complexity index is 1840. The van der Waals surface area contributed by atoms with Crippen LogP contribution in [0, 0.1) is 17.5 Å². The molecule has 1 fully saturated rings. The summed E-state index contributed by atoms with van der Waals surface area (Å²) in [7, 11) is 0. The maximum Gasteiger partial charge on any atom is 0.433 e. The number of aromatic carboxylic acids is 1. The number of hydrogen-bond donors (Lipinski definition) is 2. The molecular formula is C26H15F6N5O4. The van der Waals surface area contributed by atoms with Crippen LogP contribution in [0.25, 0.3) is 22.4 Å². The number of nitrogens with one attached hydrogen (secondary N) is 1. The number of anilines is 1. The van der Waals surface area contributed by atoms with Gasteiger partial charge >= 0.3 is 12.1 Å². The SMILES string of the molecule is O=C(O)c1cn(-c2ccc(F)cc2F)c2nc(N3CC4=C(c5ccc(C(F)(F)F)nc5)NOC4C3)c(F)cc2c1=O. The van der Waals surface area contributed by atoms with E-state index in [0.717, 1.165) is 41.2 Å². The second-order valence-corrected chi connectivity index (χ2v) is 9.23. The van der Waals surface area contributed by atoms with Gasteiger partial charge in [0.1, 0.15) is 29.0 Å². The van der Waals surface area contributed by atoms with E-state index < -0.39 is 57.8 Å². The van der Waals surface area contributed by atoms with Crippen LogP contribution in [0.5, 0.6) is 0 Å². The minimum atomic E-state index is -4.62. The van der Waals surface area contributed by atoms with Crippen LogP contribution in [0.1, 0.15) is 21.6 Å². The highest BCUT2D eigenvalue weighted by Gasteiger charge is 2.39. The van der Waals surface area contributed by atoms with Crippen molar-refractivity contribution in [3.63, 3.8) is 0 Å². The van der Waals surface area contributed by atoms with Gasteiger partial charge in [0, 0.05) is 36.1 Å². The van der Waals surface area contributed by atoms with Gasteiger partial charge in [-0.25, -0.2) is 22.9 Å². The van der Waals surface area contributed by atoms with Gasteiger partial charge in [0.25, 0.3) is 0 Å². The van der Waals surface area contributed by atoms with Crippen LogP contribution in [0.3, 0.4) is 0 Å². The molecule has 2 aliphatic heterocycles. The average molecular weight is 575 g/mol. The summed E-state index contributed by atoms with van der Waals surface area (Å²) in [6, 6.07) is 5.30. The molecule has 0 aliphatic carbocycles. The molecule has 0 spiro atoms. The highest BCUT2D eigenvalue weighted by atomic mass is 19.4. The Hall–Kier alpha value is -4.92. The molecule has 3 aromatic heterocycles. The minimum absolute atomic E-state index is 0.00575. The normalized spacial score (nSPS) is 16.8. The Morgan fingerprint density at radius 1 is 1.10 bits per heavy atom. The molecule has 1 saturated heterocycles. The number of halogens is 6. The molecule has 2 N–H and O–H groups in total. The summed E-state index contributed by atoms with van der Waals surface area (Å²) < 4.78 is 83.3. The van der Waals surface area contributed by atoms with Crippen molar-refractivity contribution in [2.75, 3.05) is 18.0 Å². The van der Waals surface area contributed by atoms with Crippen molar-refractivity contribution in [3.05, 3.63) is 98.9 Å². The number of fused-ring (bicyclic) bond motifs is 2. The van der Waals surface area contributed by atoms with E-state index in [0.29, 0.717) is 22.9 Å². The maximum atomic E-state index is 15.4. The summed E-state index contributed by atoms with van der Waals surface area (Å²) in [5.74, 6) is -4.92. The quantitative estimate of drug-likeness (QED) is 0.351.